The van der Waals surface area contributed by atoms with Gasteiger partial charge in [-0.2, -0.15) is 0 Å². The van der Waals surface area contributed by atoms with Crippen LogP contribution in [-0.4, -0.2) is 17.6 Å². The number of carbonyl (C=O) groups excluding carboxylic acids is 1. The molecule has 0 saturated carbocycles. The normalized spacial score (nSPS) is 11.1. The van der Waals surface area contributed by atoms with Crippen LogP contribution in [0, 0.1) is 0 Å². The molecular formula is C17H19NO2. The van der Waals surface area contributed by atoms with Crippen LogP contribution in [0.3, 0.4) is 0 Å². The van der Waals surface area contributed by atoms with E-state index < -0.39 is 11.5 Å². The summed E-state index contributed by atoms with van der Waals surface area (Å²) in [6.07, 6.45) is 0.825. The Morgan fingerprint density at radius 3 is 1.85 bits per heavy atom. The number of aliphatic hydroxyl groups is 1. The van der Waals surface area contributed by atoms with E-state index in [4.69, 9.17) is 0 Å². The molecule has 0 aliphatic rings. The molecule has 0 saturated heterocycles. The lowest BCUT2D eigenvalue weighted by Crippen LogP contribution is -2.45. The van der Waals surface area contributed by atoms with Crippen molar-refractivity contribution in [3.05, 3.63) is 71.8 Å². The van der Waals surface area contributed by atoms with E-state index >= 15 is 0 Å². The number of nitrogens with one attached hydrogen (secondary N) is 1. The van der Waals surface area contributed by atoms with Gasteiger partial charge in [-0.25, -0.2) is 0 Å². The van der Waals surface area contributed by atoms with Gasteiger partial charge >= 0.3 is 0 Å². The zero-order valence-electron chi connectivity index (χ0n) is 11.5. The van der Waals surface area contributed by atoms with E-state index in [9.17, 15) is 9.90 Å². The molecule has 0 aromatic heterocycles. The summed E-state index contributed by atoms with van der Waals surface area (Å²) in [7, 11) is 0. The predicted octanol–water partition coefficient (Wildman–Crippen LogP) is 2.45. The Balaban J connectivity index is 2.46. The van der Waals surface area contributed by atoms with E-state index in [1.165, 1.54) is 0 Å². The number of amides is 1. The van der Waals surface area contributed by atoms with E-state index in [0.717, 1.165) is 6.42 Å². The first kappa shape index (κ1) is 14.3. The molecule has 0 aliphatic carbocycles. The SMILES string of the molecule is CCCNC(=O)C(O)(c1ccccc1)c1ccccc1. The fourth-order valence-corrected chi connectivity index (χ4v) is 2.15. The summed E-state index contributed by atoms with van der Waals surface area (Å²) in [5, 5.41) is 13.8. The molecule has 3 heteroatoms. The Hall–Kier alpha value is -2.13. The molecule has 0 heterocycles. The minimum atomic E-state index is -1.66. The molecule has 2 aromatic rings. The van der Waals surface area contributed by atoms with Gasteiger partial charge in [0.15, 0.2) is 5.60 Å². The van der Waals surface area contributed by atoms with E-state index in [1.807, 2.05) is 43.3 Å². The van der Waals surface area contributed by atoms with Gasteiger partial charge in [-0.3, -0.25) is 4.79 Å². The van der Waals surface area contributed by atoms with Crippen LogP contribution in [0.5, 0.6) is 0 Å². The number of benzene rings is 2. The van der Waals surface area contributed by atoms with Crippen molar-refractivity contribution in [1.82, 2.24) is 5.32 Å². The zero-order chi connectivity index (χ0) is 14.4. The third-order valence-electron chi connectivity index (χ3n) is 3.25. The van der Waals surface area contributed by atoms with Gasteiger partial charge in [0.25, 0.3) is 5.91 Å². The van der Waals surface area contributed by atoms with Gasteiger partial charge < -0.3 is 10.4 Å². The lowest BCUT2D eigenvalue weighted by Gasteiger charge is -2.28. The van der Waals surface area contributed by atoms with Gasteiger partial charge in [-0.1, -0.05) is 67.6 Å². The third kappa shape index (κ3) is 2.73. The number of hydrogen-bond acceptors (Lipinski definition) is 2. The van der Waals surface area contributed by atoms with E-state index in [0.29, 0.717) is 17.7 Å². The van der Waals surface area contributed by atoms with E-state index in [1.54, 1.807) is 24.3 Å². The molecule has 0 spiro atoms. The van der Waals surface area contributed by atoms with Crippen LogP contribution in [0.2, 0.25) is 0 Å². The van der Waals surface area contributed by atoms with Crippen LogP contribution in [0.1, 0.15) is 24.5 Å². The van der Waals surface area contributed by atoms with Crippen LogP contribution in [0.15, 0.2) is 60.7 Å². The van der Waals surface area contributed by atoms with Gasteiger partial charge in [0.1, 0.15) is 0 Å². The Bertz CT molecular complexity index is 512. The predicted molar refractivity (Wildman–Crippen MR) is 79.2 cm³/mol. The summed E-state index contributed by atoms with van der Waals surface area (Å²) in [5.74, 6) is -0.392. The van der Waals surface area contributed by atoms with Gasteiger partial charge in [0, 0.05) is 6.54 Å². The molecule has 3 nitrogen and oxygen atoms in total. The van der Waals surface area contributed by atoms with Crippen LogP contribution < -0.4 is 5.32 Å². The average molecular weight is 269 g/mol. The first-order valence-corrected chi connectivity index (χ1v) is 6.81. The second kappa shape index (κ2) is 6.35. The van der Waals surface area contributed by atoms with Crippen molar-refractivity contribution in [3.8, 4) is 0 Å². The molecule has 2 aromatic carbocycles. The minimum absolute atomic E-state index is 0.392. The molecule has 0 unspecified atom stereocenters. The van der Waals surface area contributed by atoms with E-state index in [2.05, 4.69) is 5.32 Å². The summed E-state index contributed by atoms with van der Waals surface area (Å²) >= 11 is 0. The monoisotopic (exact) mass is 269 g/mol. The summed E-state index contributed by atoms with van der Waals surface area (Å²) in [6, 6.07) is 18.0. The topological polar surface area (TPSA) is 49.3 Å². The van der Waals surface area contributed by atoms with Gasteiger partial charge in [-0.05, 0) is 17.5 Å². The molecule has 1 amide bonds. The molecule has 0 fully saturated rings. The van der Waals surface area contributed by atoms with Crippen molar-refractivity contribution in [2.45, 2.75) is 18.9 Å². The van der Waals surface area contributed by atoms with Crippen LogP contribution in [-0.2, 0) is 10.4 Å². The third-order valence-corrected chi connectivity index (χ3v) is 3.25. The quantitative estimate of drug-likeness (QED) is 0.876. The maximum Gasteiger partial charge on any atom is 0.261 e. The van der Waals surface area contributed by atoms with E-state index in [-0.39, 0.29) is 0 Å². The summed E-state index contributed by atoms with van der Waals surface area (Å²) in [5.41, 5.74) is -0.517. The second-order valence-corrected chi connectivity index (χ2v) is 4.70. The maximum absolute atomic E-state index is 12.5. The van der Waals surface area contributed by atoms with Crippen molar-refractivity contribution < 1.29 is 9.90 Å². The maximum atomic E-state index is 12.5. The molecule has 0 atom stereocenters. The highest BCUT2D eigenvalue weighted by atomic mass is 16.3. The molecule has 2 N–H and O–H groups in total. The highest BCUT2D eigenvalue weighted by Crippen LogP contribution is 2.29. The fraction of sp³-hybridized carbons (Fsp3) is 0.235. The Labute approximate surface area is 119 Å². The second-order valence-electron chi connectivity index (χ2n) is 4.70. The van der Waals surface area contributed by atoms with Crippen molar-refractivity contribution in [2.75, 3.05) is 6.54 Å². The smallest absolute Gasteiger partial charge is 0.261 e. The fourth-order valence-electron chi connectivity index (χ4n) is 2.15. The first-order valence-electron chi connectivity index (χ1n) is 6.81. The first-order chi connectivity index (χ1) is 9.69. The molecule has 104 valence electrons. The Kier molecular flexibility index (Phi) is 4.53. The van der Waals surface area contributed by atoms with Gasteiger partial charge in [0.05, 0.1) is 0 Å². The summed E-state index contributed by atoms with van der Waals surface area (Å²) in [4.78, 5) is 12.5. The van der Waals surface area contributed by atoms with Crippen molar-refractivity contribution in [2.24, 2.45) is 0 Å². The van der Waals surface area contributed by atoms with Crippen molar-refractivity contribution >= 4 is 5.91 Å². The lowest BCUT2D eigenvalue weighted by molar-refractivity contribution is -0.136. The molecule has 2 rings (SSSR count). The molecule has 0 aliphatic heterocycles. The summed E-state index contributed by atoms with van der Waals surface area (Å²) in [6.45, 7) is 2.52. The standard InChI is InChI=1S/C17H19NO2/c1-2-13-18-16(19)17(20,14-9-5-3-6-10-14)15-11-7-4-8-12-15/h3-12,20H,2,13H2,1H3,(H,18,19). The van der Waals surface area contributed by atoms with Crippen molar-refractivity contribution in [3.63, 3.8) is 0 Å². The highest BCUT2D eigenvalue weighted by Gasteiger charge is 2.39. The Morgan fingerprint density at radius 1 is 1.00 bits per heavy atom. The van der Waals surface area contributed by atoms with Crippen LogP contribution >= 0.6 is 0 Å². The summed E-state index contributed by atoms with van der Waals surface area (Å²) < 4.78 is 0. The van der Waals surface area contributed by atoms with Crippen molar-refractivity contribution in [1.29, 1.82) is 0 Å². The lowest BCUT2D eigenvalue weighted by atomic mass is 9.85. The van der Waals surface area contributed by atoms with Crippen LogP contribution in [0.4, 0.5) is 0 Å². The van der Waals surface area contributed by atoms with Gasteiger partial charge in [-0.15, -0.1) is 0 Å². The van der Waals surface area contributed by atoms with Crippen LogP contribution in [0.25, 0.3) is 0 Å². The molecule has 20 heavy (non-hydrogen) atoms. The van der Waals surface area contributed by atoms with Gasteiger partial charge in [0.2, 0.25) is 0 Å². The largest absolute Gasteiger partial charge is 0.372 e. The average Bonchev–Trinajstić information content (AvgIpc) is 2.53. The highest BCUT2D eigenvalue weighted by molar-refractivity contribution is 5.90. The number of rotatable bonds is 5. The molecule has 0 radical (unpaired) electrons. The number of carbonyl (C=O) groups is 1. The molecular weight excluding hydrogens is 250 g/mol. The zero-order valence-corrected chi connectivity index (χ0v) is 11.5. The number of hydrogen-bond donors (Lipinski definition) is 2. The molecule has 0 bridgehead atoms. The minimum Gasteiger partial charge on any atom is -0.372 e. The Morgan fingerprint density at radius 2 is 1.45 bits per heavy atom.